The predicted molar refractivity (Wildman–Crippen MR) is 106 cm³/mol. The Morgan fingerprint density at radius 1 is 1.19 bits per heavy atom. The molecule has 2 aromatic carbocycles. The maximum absolute atomic E-state index is 14.0. The first kappa shape index (κ1) is 20.3. The van der Waals surface area contributed by atoms with Gasteiger partial charge in [0.05, 0.1) is 10.6 Å². The Labute approximate surface area is 170 Å². The number of nitrogens with one attached hydrogen (secondary N) is 1. The molecule has 1 saturated heterocycles. The molecule has 1 heterocycles. The van der Waals surface area contributed by atoms with Crippen molar-refractivity contribution in [3.63, 3.8) is 0 Å². The molecule has 1 amide bonds. The lowest BCUT2D eigenvalue weighted by Crippen LogP contribution is -2.49. The molecule has 3 rings (SSSR count). The number of sulfonamides is 1. The monoisotopic (exact) mass is 474 g/mol. The number of hydrogen-bond acceptors (Lipinski definition) is 3. The Kier molecular flexibility index (Phi) is 6.20. The summed E-state index contributed by atoms with van der Waals surface area (Å²) >= 11 is 9.00. The number of piperidine rings is 1. The van der Waals surface area contributed by atoms with Crippen LogP contribution in [0.5, 0.6) is 0 Å². The van der Waals surface area contributed by atoms with Crippen LogP contribution in [0.1, 0.15) is 19.3 Å². The fourth-order valence-electron chi connectivity index (χ4n) is 3.00. The van der Waals surface area contributed by atoms with Gasteiger partial charge in [-0.15, -0.1) is 0 Å². The third kappa shape index (κ3) is 4.51. The second kappa shape index (κ2) is 8.26. The average Bonchev–Trinajstić information content (AvgIpc) is 2.64. The van der Waals surface area contributed by atoms with Crippen LogP contribution in [-0.4, -0.2) is 31.2 Å². The van der Waals surface area contributed by atoms with Gasteiger partial charge in [0.1, 0.15) is 11.9 Å². The maximum atomic E-state index is 14.0. The molecule has 1 aliphatic rings. The summed E-state index contributed by atoms with van der Waals surface area (Å²) in [4.78, 5) is 12.8. The summed E-state index contributed by atoms with van der Waals surface area (Å²) in [5, 5.41) is 2.69. The van der Waals surface area contributed by atoms with Gasteiger partial charge in [0.15, 0.2) is 0 Å². The fraction of sp³-hybridized carbons (Fsp3) is 0.278. The van der Waals surface area contributed by atoms with E-state index in [2.05, 4.69) is 21.2 Å². The van der Waals surface area contributed by atoms with Gasteiger partial charge in [-0.1, -0.05) is 34.0 Å². The van der Waals surface area contributed by atoms with Crippen molar-refractivity contribution in [1.29, 1.82) is 0 Å². The first-order chi connectivity index (χ1) is 12.8. The summed E-state index contributed by atoms with van der Waals surface area (Å²) in [5.41, 5.74) is -0.0315. The molecule has 0 radical (unpaired) electrons. The third-order valence-corrected chi connectivity index (χ3v) is 7.05. The number of amides is 1. The molecular weight excluding hydrogens is 459 g/mol. The van der Waals surface area contributed by atoms with E-state index in [1.54, 1.807) is 12.1 Å². The van der Waals surface area contributed by atoms with E-state index >= 15 is 0 Å². The minimum Gasteiger partial charge on any atom is -0.322 e. The van der Waals surface area contributed by atoms with Crippen molar-refractivity contribution in [2.45, 2.75) is 30.2 Å². The van der Waals surface area contributed by atoms with Crippen LogP contribution in [0.15, 0.2) is 51.8 Å². The maximum Gasteiger partial charge on any atom is 0.243 e. The van der Waals surface area contributed by atoms with E-state index in [1.165, 1.54) is 28.6 Å². The Morgan fingerprint density at radius 3 is 2.56 bits per heavy atom. The molecule has 9 heteroatoms. The summed E-state index contributed by atoms with van der Waals surface area (Å²) in [6.45, 7) is 0.236. The lowest BCUT2D eigenvalue weighted by molar-refractivity contribution is -0.120. The number of rotatable bonds is 4. The smallest absolute Gasteiger partial charge is 0.243 e. The van der Waals surface area contributed by atoms with Gasteiger partial charge in [-0.3, -0.25) is 4.79 Å². The van der Waals surface area contributed by atoms with Gasteiger partial charge in [-0.2, -0.15) is 4.31 Å². The second-order valence-corrected chi connectivity index (χ2v) is 9.44. The van der Waals surface area contributed by atoms with Crippen LogP contribution >= 0.6 is 27.5 Å². The number of carbonyl (C=O) groups is 1. The number of anilines is 1. The number of halogens is 3. The number of nitrogens with zero attached hydrogens (tertiary/aromatic N) is 1. The Morgan fingerprint density at radius 2 is 1.89 bits per heavy atom. The summed E-state index contributed by atoms with van der Waals surface area (Å²) in [6.07, 6.45) is 1.75. The molecule has 0 bridgehead atoms. The van der Waals surface area contributed by atoms with E-state index in [4.69, 9.17) is 11.6 Å². The molecule has 1 atom stereocenters. The third-order valence-electron chi connectivity index (χ3n) is 4.37. The van der Waals surface area contributed by atoms with Crippen molar-refractivity contribution < 1.29 is 17.6 Å². The van der Waals surface area contributed by atoms with Crippen molar-refractivity contribution in [3.05, 3.63) is 57.8 Å². The van der Waals surface area contributed by atoms with E-state index in [1.807, 2.05) is 0 Å². The van der Waals surface area contributed by atoms with Gasteiger partial charge in [0.25, 0.3) is 0 Å². The first-order valence-electron chi connectivity index (χ1n) is 8.32. The van der Waals surface area contributed by atoms with E-state index in [-0.39, 0.29) is 22.2 Å². The van der Waals surface area contributed by atoms with Gasteiger partial charge < -0.3 is 5.32 Å². The Hall–Kier alpha value is -1.48. The molecule has 1 N–H and O–H groups in total. The molecule has 27 heavy (non-hydrogen) atoms. The SMILES string of the molecule is O=C(Nc1ccc(Cl)cc1F)C1CCCCN1S(=O)(=O)c1ccc(Br)cc1. The molecular formula is C18H17BrClFN2O3S. The number of hydrogen-bond donors (Lipinski definition) is 1. The second-order valence-electron chi connectivity index (χ2n) is 6.19. The molecule has 0 saturated carbocycles. The highest BCUT2D eigenvalue weighted by molar-refractivity contribution is 9.10. The van der Waals surface area contributed by atoms with Crippen molar-refractivity contribution in [2.24, 2.45) is 0 Å². The van der Waals surface area contributed by atoms with Gasteiger partial charge in [-0.25, -0.2) is 12.8 Å². The van der Waals surface area contributed by atoms with Crippen molar-refractivity contribution >= 4 is 49.1 Å². The first-order valence-corrected chi connectivity index (χ1v) is 10.9. The molecule has 5 nitrogen and oxygen atoms in total. The Balaban J connectivity index is 1.86. The molecule has 0 spiro atoms. The molecule has 1 unspecified atom stereocenters. The molecule has 0 aliphatic carbocycles. The summed E-state index contributed by atoms with van der Waals surface area (Å²) in [5.74, 6) is -1.23. The van der Waals surface area contributed by atoms with Crippen LogP contribution in [0, 0.1) is 5.82 Å². The molecule has 1 fully saturated rings. The topological polar surface area (TPSA) is 66.5 Å². The molecule has 2 aromatic rings. The number of benzene rings is 2. The zero-order valence-electron chi connectivity index (χ0n) is 14.2. The van der Waals surface area contributed by atoms with E-state index < -0.39 is 27.8 Å². The molecule has 0 aromatic heterocycles. The lowest BCUT2D eigenvalue weighted by Gasteiger charge is -2.33. The quantitative estimate of drug-likeness (QED) is 0.712. The van der Waals surface area contributed by atoms with Crippen molar-refractivity contribution in [2.75, 3.05) is 11.9 Å². The summed E-state index contributed by atoms with van der Waals surface area (Å²) in [6, 6.07) is 9.24. The van der Waals surface area contributed by atoms with E-state index in [9.17, 15) is 17.6 Å². The minimum atomic E-state index is -3.85. The van der Waals surface area contributed by atoms with Crippen molar-refractivity contribution in [1.82, 2.24) is 4.31 Å². The zero-order valence-corrected chi connectivity index (χ0v) is 17.3. The highest BCUT2D eigenvalue weighted by Crippen LogP contribution is 2.28. The van der Waals surface area contributed by atoms with Crippen LogP contribution in [0.3, 0.4) is 0 Å². The normalized spacial score (nSPS) is 18.3. The van der Waals surface area contributed by atoms with Crippen LogP contribution in [0.2, 0.25) is 5.02 Å². The van der Waals surface area contributed by atoms with Gasteiger partial charge in [0.2, 0.25) is 15.9 Å². The van der Waals surface area contributed by atoms with Crippen LogP contribution in [0.4, 0.5) is 10.1 Å². The lowest BCUT2D eigenvalue weighted by atomic mass is 10.0. The predicted octanol–water partition coefficient (Wildman–Crippen LogP) is 4.42. The van der Waals surface area contributed by atoms with E-state index in [0.717, 1.165) is 10.5 Å². The highest BCUT2D eigenvalue weighted by atomic mass is 79.9. The van der Waals surface area contributed by atoms with Gasteiger partial charge >= 0.3 is 0 Å². The van der Waals surface area contributed by atoms with Gasteiger partial charge in [0, 0.05) is 16.0 Å². The van der Waals surface area contributed by atoms with Crippen LogP contribution in [0.25, 0.3) is 0 Å². The minimum absolute atomic E-state index is 0.0315. The van der Waals surface area contributed by atoms with E-state index in [0.29, 0.717) is 19.3 Å². The average molecular weight is 476 g/mol. The highest BCUT2D eigenvalue weighted by Gasteiger charge is 2.37. The fourth-order valence-corrected chi connectivity index (χ4v) is 5.08. The molecule has 144 valence electrons. The van der Waals surface area contributed by atoms with Crippen molar-refractivity contribution in [3.8, 4) is 0 Å². The largest absolute Gasteiger partial charge is 0.322 e. The standard InChI is InChI=1S/C18H17BrClFN2O3S/c19-12-4-7-14(8-5-12)27(25,26)23-10-2-1-3-17(23)18(24)22-16-9-6-13(20)11-15(16)21/h4-9,11,17H,1-3,10H2,(H,22,24). The van der Waals surface area contributed by atoms with Gasteiger partial charge in [-0.05, 0) is 55.3 Å². The molecule has 1 aliphatic heterocycles. The van der Waals surface area contributed by atoms with Crippen LogP contribution in [-0.2, 0) is 14.8 Å². The van der Waals surface area contributed by atoms with Crippen LogP contribution < -0.4 is 5.32 Å². The summed E-state index contributed by atoms with van der Waals surface area (Å²) in [7, 11) is -3.85. The summed E-state index contributed by atoms with van der Waals surface area (Å²) < 4.78 is 42.0. The Bertz CT molecular complexity index is 954. The number of carbonyl (C=O) groups excluding carboxylic acids is 1. The zero-order chi connectivity index (χ0) is 19.6.